The fourth-order valence-electron chi connectivity index (χ4n) is 3.61. The average molecular weight is 346 g/mol. The third-order valence-corrected chi connectivity index (χ3v) is 4.71. The number of ether oxygens (including phenoxy) is 3. The number of H-pyrrole nitrogens is 1. The van der Waals surface area contributed by atoms with Crippen LogP contribution in [0.1, 0.15) is 56.5 Å². The quantitative estimate of drug-likeness (QED) is 0.802. The Bertz CT molecular complexity index is 755. The molecule has 3 unspecified atom stereocenters. The number of fused-ring (bicyclic) bond motifs is 3. The van der Waals surface area contributed by atoms with Gasteiger partial charge < -0.3 is 19.2 Å². The standard InChI is InChI=1S/C19H26N2O4/c1-5-23-12(4)13-8-7-9-14-17(13)16-11(3)18(20-10-15(16)21-14)25-19(22)24-6-2/h7-9,11-12,18,20-21H,5-6,10H2,1-4H3. The molecule has 2 aromatic rings. The Labute approximate surface area is 147 Å². The summed E-state index contributed by atoms with van der Waals surface area (Å²) < 4.78 is 16.2. The van der Waals surface area contributed by atoms with Gasteiger partial charge in [-0.05, 0) is 38.0 Å². The number of carbonyl (C=O) groups excluding carboxylic acids is 1. The zero-order valence-electron chi connectivity index (χ0n) is 15.2. The highest BCUT2D eigenvalue weighted by Gasteiger charge is 2.33. The molecule has 1 aromatic heterocycles. The number of benzene rings is 1. The predicted octanol–water partition coefficient (Wildman–Crippen LogP) is 3.97. The lowest BCUT2D eigenvalue weighted by Gasteiger charge is -2.30. The normalized spacial score (nSPS) is 21.0. The Balaban J connectivity index is 1.99. The maximum Gasteiger partial charge on any atom is 0.509 e. The molecular weight excluding hydrogens is 320 g/mol. The highest BCUT2D eigenvalue weighted by molar-refractivity contribution is 5.89. The van der Waals surface area contributed by atoms with Gasteiger partial charge in [-0.1, -0.05) is 19.1 Å². The minimum atomic E-state index is -0.641. The van der Waals surface area contributed by atoms with Gasteiger partial charge in [-0.3, -0.25) is 5.32 Å². The van der Waals surface area contributed by atoms with Gasteiger partial charge in [-0.25, -0.2) is 4.79 Å². The van der Waals surface area contributed by atoms with Crippen molar-refractivity contribution in [1.82, 2.24) is 10.3 Å². The molecule has 6 heteroatoms. The van der Waals surface area contributed by atoms with E-state index in [9.17, 15) is 4.79 Å². The monoisotopic (exact) mass is 346 g/mol. The molecule has 25 heavy (non-hydrogen) atoms. The third kappa shape index (κ3) is 3.37. The molecule has 0 amide bonds. The summed E-state index contributed by atoms with van der Waals surface area (Å²) in [5.74, 6) is -0.00289. The lowest BCUT2D eigenvalue weighted by molar-refractivity contribution is 0.00162. The molecule has 0 spiro atoms. The molecule has 0 bridgehead atoms. The van der Waals surface area contributed by atoms with E-state index in [-0.39, 0.29) is 12.0 Å². The number of hydrogen-bond acceptors (Lipinski definition) is 5. The first-order chi connectivity index (χ1) is 12.1. The first kappa shape index (κ1) is 17.8. The lowest BCUT2D eigenvalue weighted by Crippen LogP contribution is -2.41. The van der Waals surface area contributed by atoms with Gasteiger partial charge in [-0.15, -0.1) is 0 Å². The minimum Gasteiger partial charge on any atom is -0.435 e. The van der Waals surface area contributed by atoms with Crippen molar-refractivity contribution in [2.24, 2.45) is 0 Å². The minimum absolute atomic E-state index is 0.000103. The molecule has 1 aliphatic rings. The van der Waals surface area contributed by atoms with Crippen molar-refractivity contribution in [3.63, 3.8) is 0 Å². The molecule has 0 saturated carbocycles. The molecule has 136 valence electrons. The summed E-state index contributed by atoms with van der Waals surface area (Å²) in [4.78, 5) is 15.2. The molecule has 1 aromatic carbocycles. The number of nitrogens with one attached hydrogen (secondary N) is 2. The van der Waals surface area contributed by atoms with Gasteiger partial charge in [0.2, 0.25) is 0 Å². The van der Waals surface area contributed by atoms with Gasteiger partial charge in [0.1, 0.15) is 0 Å². The molecule has 1 aliphatic heterocycles. The van der Waals surface area contributed by atoms with Gasteiger partial charge in [0.05, 0.1) is 12.7 Å². The van der Waals surface area contributed by atoms with Crippen LogP contribution >= 0.6 is 0 Å². The molecule has 0 fully saturated rings. The van der Waals surface area contributed by atoms with Crippen molar-refractivity contribution in [2.45, 2.75) is 52.5 Å². The second-order valence-corrected chi connectivity index (χ2v) is 6.28. The second kappa shape index (κ2) is 7.45. The van der Waals surface area contributed by atoms with Gasteiger partial charge >= 0.3 is 6.16 Å². The van der Waals surface area contributed by atoms with Crippen LogP contribution in [0.25, 0.3) is 10.9 Å². The summed E-state index contributed by atoms with van der Waals surface area (Å²) in [7, 11) is 0. The largest absolute Gasteiger partial charge is 0.509 e. The summed E-state index contributed by atoms with van der Waals surface area (Å²) in [6.07, 6.45) is -1.06. The van der Waals surface area contributed by atoms with E-state index < -0.39 is 12.4 Å². The highest BCUT2D eigenvalue weighted by atomic mass is 16.7. The van der Waals surface area contributed by atoms with Gasteiger partial charge in [0, 0.05) is 35.7 Å². The van der Waals surface area contributed by atoms with Gasteiger partial charge in [-0.2, -0.15) is 0 Å². The smallest absolute Gasteiger partial charge is 0.435 e. The topological polar surface area (TPSA) is 72.6 Å². The van der Waals surface area contributed by atoms with Crippen LogP contribution in [0.3, 0.4) is 0 Å². The predicted molar refractivity (Wildman–Crippen MR) is 95.5 cm³/mol. The Morgan fingerprint density at radius 2 is 2.12 bits per heavy atom. The first-order valence-corrected chi connectivity index (χ1v) is 8.88. The van der Waals surface area contributed by atoms with Crippen molar-refractivity contribution in [3.05, 3.63) is 35.0 Å². The van der Waals surface area contributed by atoms with E-state index in [0.29, 0.717) is 19.8 Å². The lowest BCUT2D eigenvalue weighted by atomic mass is 9.90. The summed E-state index contributed by atoms with van der Waals surface area (Å²) in [6.45, 7) is 9.46. The molecule has 0 aliphatic carbocycles. The zero-order valence-corrected chi connectivity index (χ0v) is 15.2. The molecule has 2 N–H and O–H groups in total. The van der Waals surface area contributed by atoms with Crippen LogP contribution in [0.5, 0.6) is 0 Å². The maximum absolute atomic E-state index is 11.7. The van der Waals surface area contributed by atoms with E-state index in [4.69, 9.17) is 14.2 Å². The molecular formula is C19H26N2O4. The van der Waals surface area contributed by atoms with Crippen LogP contribution < -0.4 is 5.32 Å². The van der Waals surface area contributed by atoms with E-state index in [1.54, 1.807) is 6.92 Å². The second-order valence-electron chi connectivity index (χ2n) is 6.28. The highest BCUT2D eigenvalue weighted by Crippen LogP contribution is 2.38. The van der Waals surface area contributed by atoms with Crippen LogP contribution in [0.2, 0.25) is 0 Å². The number of rotatable bonds is 5. The molecule has 0 saturated heterocycles. The van der Waals surface area contributed by atoms with E-state index in [1.165, 1.54) is 10.9 Å². The summed E-state index contributed by atoms with van der Waals surface area (Å²) in [5.41, 5.74) is 4.55. The van der Waals surface area contributed by atoms with Crippen LogP contribution in [0, 0.1) is 0 Å². The van der Waals surface area contributed by atoms with Crippen molar-refractivity contribution in [1.29, 1.82) is 0 Å². The van der Waals surface area contributed by atoms with Crippen LogP contribution in [0.4, 0.5) is 4.79 Å². The Morgan fingerprint density at radius 3 is 2.84 bits per heavy atom. The van der Waals surface area contributed by atoms with Crippen molar-refractivity contribution < 1.29 is 19.0 Å². The molecule has 3 rings (SSSR count). The Kier molecular flexibility index (Phi) is 5.30. The molecule has 6 nitrogen and oxygen atoms in total. The van der Waals surface area contributed by atoms with Crippen molar-refractivity contribution >= 4 is 17.1 Å². The number of aromatic nitrogens is 1. The van der Waals surface area contributed by atoms with E-state index in [1.807, 2.05) is 13.0 Å². The molecule has 0 radical (unpaired) electrons. The van der Waals surface area contributed by atoms with Gasteiger partial charge in [0.15, 0.2) is 6.23 Å². The van der Waals surface area contributed by atoms with Gasteiger partial charge in [0.25, 0.3) is 0 Å². The molecule has 2 heterocycles. The fraction of sp³-hybridized carbons (Fsp3) is 0.526. The molecule has 3 atom stereocenters. The van der Waals surface area contributed by atoms with Crippen molar-refractivity contribution in [3.8, 4) is 0 Å². The summed E-state index contributed by atoms with van der Waals surface area (Å²) in [6, 6.07) is 6.22. The van der Waals surface area contributed by atoms with Crippen LogP contribution in [-0.2, 0) is 20.8 Å². The van der Waals surface area contributed by atoms with Crippen molar-refractivity contribution in [2.75, 3.05) is 13.2 Å². The number of aromatic amines is 1. The van der Waals surface area contributed by atoms with Crippen LogP contribution in [0.15, 0.2) is 18.2 Å². The average Bonchev–Trinajstić information content (AvgIpc) is 2.97. The SMILES string of the molecule is CCOC(=O)OC1NCc2[nH]c3cccc(C(C)OCC)c3c2C1C. The maximum atomic E-state index is 11.7. The van der Waals surface area contributed by atoms with E-state index in [2.05, 4.69) is 36.3 Å². The Hall–Kier alpha value is -2.05. The number of hydrogen-bond donors (Lipinski definition) is 2. The third-order valence-electron chi connectivity index (χ3n) is 4.71. The fourth-order valence-corrected chi connectivity index (χ4v) is 3.61. The summed E-state index contributed by atoms with van der Waals surface area (Å²) in [5, 5.41) is 4.43. The van der Waals surface area contributed by atoms with E-state index >= 15 is 0 Å². The summed E-state index contributed by atoms with van der Waals surface area (Å²) >= 11 is 0. The first-order valence-electron chi connectivity index (χ1n) is 8.88. The van der Waals surface area contributed by atoms with Crippen LogP contribution in [-0.4, -0.2) is 30.6 Å². The number of carbonyl (C=O) groups is 1. The Morgan fingerprint density at radius 1 is 1.32 bits per heavy atom. The van der Waals surface area contributed by atoms with E-state index in [0.717, 1.165) is 16.8 Å². The zero-order chi connectivity index (χ0) is 18.0.